The third kappa shape index (κ3) is 5.62. The molecule has 0 fully saturated rings. The lowest BCUT2D eigenvalue weighted by molar-refractivity contribution is -0.122. The number of carboxylic acid groups (broad SMARTS) is 1. The number of aromatic amines is 1. The number of aryl methyl sites for hydroxylation is 2. The molecule has 3 aromatic rings. The van der Waals surface area contributed by atoms with Crippen molar-refractivity contribution in [1.82, 2.24) is 14.9 Å². The summed E-state index contributed by atoms with van der Waals surface area (Å²) in [7, 11) is 0. The molecule has 0 aliphatic carbocycles. The Bertz CT molecular complexity index is 1050. The number of hydrogen-bond donors (Lipinski definition) is 3. The molecular weight excluding hydrogens is 449 g/mol. The molecule has 172 valence electrons. The molecule has 0 spiro atoms. The predicted octanol–water partition coefficient (Wildman–Crippen LogP) is 5.05. The van der Waals surface area contributed by atoms with E-state index in [1.165, 1.54) is 10.9 Å². The van der Waals surface area contributed by atoms with E-state index < -0.39 is 0 Å². The average molecular weight is 478 g/mol. The zero-order valence-electron chi connectivity index (χ0n) is 18.2. The number of aliphatic hydroxyl groups is 1. The molecule has 0 saturated heterocycles. The predicted molar refractivity (Wildman–Crippen MR) is 129 cm³/mol. The molecule has 1 aliphatic heterocycles. The summed E-state index contributed by atoms with van der Waals surface area (Å²) in [5, 5.41) is 19.7. The first-order valence-electron chi connectivity index (χ1n) is 10.9. The Balaban J connectivity index is 0.000000913. The summed E-state index contributed by atoms with van der Waals surface area (Å²) in [6.45, 7) is 3.86. The van der Waals surface area contributed by atoms with Crippen LogP contribution >= 0.6 is 23.2 Å². The van der Waals surface area contributed by atoms with Crippen molar-refractivity contribution in [3.05, 3.63) is 63.0 Å². The van der Waals surface area contributed by atoms with Gasteiger partial charge in [-0.2, -0.15) is 0 Å². The van der Waals surface area contributed by atoms with E-state index in [0.29, 0.717) is 0 Å². The summed E-state index contributed by atoms with van der Waals surface area (Å²) in [4.78, 5) is 19.0. The Labute approximate surface area is 198 Å². The number of halogens is 2. The lowest BCUT2D eigenvalue weighted by Gasteiger charge is -2.34. The standard InChI is InChI=1S/C23H27Cl2N3O.CH2O2/c1-2-4-21-19(25)8-7-16(26-21)5-3-11-28-12-10-17-18-13-15(24)6-9-20(18)27-23(17)22(28)14-29;2-1-3/h6-9,13,22,27,29H,2-5,10-12,14H2,1H3;1H,(H,2,3). The van der Waals surface area contributed by atoms with Crippen LogP contribution in [0.1, 0.15) is 48.5 Å². The fraction of sp³-hybridized carbons (Fsp3) is 0.417. The van der Waals surface area contributed by atoms with Gasteiger partial charge in [0, 0.05) is 33.9 Å². The number of benzene rings is 1. The van der Waals surface area contributed by atoms with Crippen LogP contribution in [0.3, 0.4) is 0 Å². The highest BCUT2D eigenvalue weighted by atomic mass is 35.5. The fourth-order valence-electron chi connectivity index (χ4n) is 4.41. The molecule has 4 rings (SSSR count). The van der Waals surface area contributed by atoms with Gasteiger partial charge in [-0.15, -0.1) is 0 Å². The van der Waals surface area contributed by atoms with Crippen molar-refractivity contribution in [1.29, 1.82) is 0 Å². The minimum atomic E-state index is -0.250. The van der Waals surface area contributed by atoms with E-state index >= 15 is 0 Å². The second-order valence-corrected chi connectivity index (χ2v) is 8.73. The number of H-pyrrole nitrogens is 1. The molecule has 0 saturated carbocycles. The highest BCUT2D eigenvalue weighted by Crippen LogP contribution is 2.35. The van der Waals surface area contributed by atoms with Crippen LogP contribution in [-0.2, 0) is 24.1 Å². The van der Waals surface area contributed by atoms with Crippen LogP contribution in [0.4, 0.5) is 0 Å². The molecule has 1 aromatic carbocycles. The molecule has 0 amide bonds. The van der Waals surface area contributed by atoms with E-state index in [0.717, 1.165) is 77.8 Å². The van der Waals surface area contributed by atoms with Crippen molar-refractivity contribution in [2.24, 2.45) is 0 Å². The molecule has 1 atom stereocenters. The van der Waals surface area contributed by atoms with Crippen LogP contribution in [0, 0.1) is 0 Å². The monoisotopic (exact) mass is 477 g/mol. The Morgan fingerprint density at radius 3 is 2.75 bits per heavy atom. The van der Waals surface area contributed by atoms with Crippen LogP contribution in [0.25, 0.3) is 10.9 Å². The molecule has 0 radical (unpaired) electrons. The van der Waals surface area contributed by atoms with E-state index in [9.17, 15) is 5.11 Å². The maximum atomic E-state index is 10.1. The summed E-state index contributed by atoms with van der Waals surface area (Å²) in [6.07, 6.45) is 4.83. The van der Waals surface area contributed by atoms with Crippen LogP contribution in [0.5, 0.6) is 0 Å². The first-order valence-corrected chi connectivity index (χ1v) is 11.6. The van der Waals surface area contributed by atoms with E-state index in [-0.39, 0.29) is 19.1 Å². The van der Waals surface area contributed by atoms with Gasteiger partial charge < -0.3 is 15.2 Å². The third-order valence-corrected chi connectivity index (χ3v) is 6.42. The van der Waals surface area contributed by atoms with E-state index in [1.807, 2.05) is 30.3 Å². The fourth-order valence-corrected chi connectivity index (χ4v) is 4.78. The number of carbonyl (C=O) groups is 1. The van der Waals surface area contributed by atoms with Crippen LogP contribution in [-0.4, -0.2) is 51.2 Å². The summed E-state index contributed by atoms with van der Waals surface area (Å²) >= 11 is 12.4. The Kier molecular flexibility index (Phi) is 8.93. The van der Waals surface area contributed by atoms with Gasteiger partial charge in [0.05, 0.1) is 23.4 Å². The minimum absolute atomic E-state index is 0.00115. The summed E-state index contributed by atoms with van der Waals surface area (Å²) < 4.78 is 0. The van der Waals surface area contributed by atoms with E-state index in [4.69, 9.17) is 38.1 Å². The molecule has 32 heavy (non-hydrogen) atoms. The number of nitrogens with one attached hydrogen (secondary N) is 1. The van der Waals surface area contributed by atoms with Crippen LogP contribution in [0.15, 0.2) is 30.3 Å². The van der Waals surface area contributed by atoms with Crippen molar-refractivity contribution in [3.63, 3.8) is 0 Å². The highest BCUT2D eigenvalue weighted by Gasteiger charge is 2.29. The molecule has 2 aromatic heterocycles. The maximum Gasteiger partial charge on any atom is 0.290 e. The lowest BCUT2D eigenvalue weighted by atomic mass is 9.97. The number of aromatic nitrogens is 2. The number of pyridine rings is 1. The van der Waals surface area contributed by atoms with Crippen molar-refractivity contribution in [3.8, 4) is 0 Å². The number of rotatable bonds is 7. The zero-order chi connectivity index (χ0) is 23.1. The highest BCUT2D eigenvalue weighted by molar-refractivity contribution is 6.31. The zero-order valence-corrected chi connectivity index (χ0v) is 19.7. The SMILES string of the molecule is CCCc1nc(CCCN2CCc3c([nH]c4ccc(Cl)cc34)C2CO)ccc1Cl.O=CO. The first kappa shape index (κ1) is 24.5. The second kappa shape index (κ2) is 11.7. The van der Waals surface area contributed by atoms with Gasteiger partial charge in [0.15, 0.2) is 0 Å². The van der Waals surface area contributed by atoms with Crippen LogP contribution < -0.4 is 0 Å². The van der Waals surface area contributed by atoms with Crippen molar-refractivity contribution in [2.75, 3.05) is 19.7 Å². The van der Waals surface area contributed by atoms with Crippen LogP contribution in [0.2, 0.25) is 10.0 Å². The number of aliphatic hydroxyl groups excluding tert-OH is 1. The van der Waals surface area contributed by atoms with Gasteiger partial charge in [-0.05, 0) is 68.1 Å². The Morgan fingerprint density at radius 1 is 1.25 bits per heavy atom. The molecule has 6 nitrogen and oxygen atoms in total. The van der Waals surface area contributed by atoms with Gasteiger partial charge >= 0.3 is 0 Å². The van der Waals surface area contributed by atoms with Crippen molar-refractivity contribution < 1.29 is 15.0 Å². The minimum Gasteiger partial charge on any atom is -0.483 e. The molecule has 1 aliphatic rings. The lowest BCUT2D eigenvalue weighted by Crippen LogP contribution is -2.38. The van der Waals surface area contributed by atoms with Gasteiger partial charge in [-0.1, -0.05) is 36.5 Å². The van der Waals surface area contributed by atoms with Crippen molar-refractivity contribution in [2.45, 2.75) is 45.1 Å². The second-order valence-electron chi connectivity index (χ2n) is 7.88. The van der Waals surface area contributed by atoms with E-state index in [1.54, 1.807) is 0 Å². The number of nitrogens with zero attached hydrogens (tertiary/aromatic N) is 2. The Hall–Kier alpha value is -2.12. The summed E-state index contributed by atoms with van der Waals surface area (Å²) in [5.74, 6) is 0. The van der Waals surface area contributed by atoms with Gasteiger partial charge in [-0.25, -0.2) is 0 Å². The summed E-state index contributed by atoms with van der Waals surface area (Å²) in [6, 6.07) is 9.95. The first-order chi connectivity index (χ1) is 15.5. The average Bonchev–Trinajstić information content (AvgIpc) is 3.14. The van der Waals surface area contributed by atoms with Gasteiger partial charge in [0.25, 0.3) is 6.47 Å². The molecular formula is C24H29Cl2N3O3. The molecule has 3 heterocycles. The molecule has 0 bridgehead atoms. The molecule has 8 heteroatoms. The van der Waals surface area contributed by atoms with Gasteiger partial charge in [0.1, 0.15) is 0 Å². The quantitative estimate of drug-likeness (QED) is 0.414. The van der Waals surface area contributed by atoms with Crippen molar-refractivity contribution >= 4 is 40.6 Å². The topological polar surface area (TPSA) is 89.5 Å². The maximum absolute atomic E-state index is 10.1. The summed E-state index contributed by atoms with van der Waals surface area (Å²) in [5.41, 5.74) is 5.61. The largest absolute Gasteiger partial charge is 0.483 e. The smallest absolute Gasteiger partial charge is 0.290 e. The van der Waals surface area contributed by atoms with Gasteiger partial charge in [0.2, 0.25) is 0 Å². The number of hydrogen-bond acceptors (Lipinski definition) is 4. The van der Waals surface area contributed by atoms with E-state index in [2.05, 4.69) is 16.8 Å². The Morgan fingerprint density at radius 2 is 2.03 bits per heavy atom. The number of fused-ring (bicyclic) bond motifs is 3. The third-order valence-electron chi connectivity index (χ3n) is 5.84. The normalized spacial score (nSPS) is 15.8. The molecule has 1 unspecified atom stereocenters. The molecule has 3 N–H and O–H groups in total. The van der Waals surface area contributed by atoms with Gasteiger partial charge in [-0.3, -0.25) is 14.7 Å².